The van der Waals surface area contributed by atoms with Crippen molar-refractivity contribution in [3.8, 4) is 0 Å². The molecule has 0 unspecified atom stereocenters. The van der Waals surface area contributed by atoms with Gasteiger partial charge in [-0.05, 0) is 19.1 Å². The molecule has 1 aromatic heterocycles. The van der Waals surface area contributed by atoms with Crippen LogP contribution in [0.15, 0.2) is 28.6 Å². The third-order valence-electron chi connectivity index (χ3n) is 2.53. The molecule has 6 nitrogen and oxygen atoms in total. The van der Waals surface area contributed by atoms with Crippen LogP contribution in [0.5, 0.6) is 0 Å². The van der Waals surface area contributed by atoms with Crippen molar-refractivity contribution in [2.24, 2.45) is 0 Å². The van der Waals surface area contributed by atoms with Crippen LogP contribution in [0.3, 0.4) is 0 Å². The molecule has 0 aliphatic rings. The van der Waals surface area contributed by atoms with E-state index in [4.69, 9.17) is 0 Å². The van der Waals surface area contributed by atoms with E-state index in [1.54, 1.807) is 31.3 Å². The van der Waals surface area contributed by atoms with E-state index in [2.05, 4.69) is 20.8 Å². The maximum atomic E-state index is 11.9. The lowest BCUT2D eigenvalue weighted by atomic mass is 10.1. The Hall–Kier alpha value is -1.93. The van der Waals surface area contributed by atoms with Crippen LogP contribution in [0.1, 0.15) is 17.3 Å². The minimum atomic E-state index is -0.185. The number of thioether (sulfide) groups is 1. The average Bonchev–Trinajstić information content (AvgIpc) is 2.93. The van der Waals surface area contributed by atoms with Crippen LogP contribution in [-0.2, 0) is 4.79 Å². The predicted octanol–water partition coefficient (Wildman–Crippen LogP) is 2.51. The summed E-state index contributed by atoms with van der Waals surface area (Å²) in [6.07, 6.45) is 0. The number of para-hydroxylation sites is 1. The van der Waals surface area contributed by atoms with Crippen molar-refractivity contribution in [3.05, 3.63) is 29.8 Å². The van der Waals surface area contributed by atoms with Crippen LogP contribution in [-0.4, -0.2) is 34.7 Å². The van der Waals surface area contributed by atoms with Crippen molar-refractivity contribution in [3.63, 3.8) is 0 Å². The molecule has 0 saturated carbocycles. The van der Waals surface area contributed by atoms with Gasteiger partial charge in [0.1, 0.15) is 0 Å². The summed E-state index contributed by atoms with van der Waals surface area (Å²) in [5, 5.41) is 14.2. The molecule has 2 rings (SSSR count). The lowest BCUT2D eigenvalue weighted by Gasteiger charge is -2.08. The minimum absolute atomic E-state index is 0.0821. The van der Waals surface area contributed by atoms with Gasteiger partial charge in [0.15, 0.2) is 10.1 Å². The summed E-state index contributed by atoms with van der Waals surface area (Å²) in [5.74, 6) is -0.0545. The second kappa shape index (κ2) is 7.19. The molecule has 2 aromatic rings. The summed E-state index contributed by atoms with van der Waals surface area (Å²) in [5.41, 5.74) is 1.04. The molecule has 0 bridgehead atoms. The number of nitrogens with zero attached hydrogens (tertiary/aromatic N) is 2. The van der Waals surface area contributed by atoms with Crippen LogP contribution >= 0.6 is 23.1 Å². The van der Waals surface area contributed by atoms with Crippen LogP contribution in [0.4, 0.5) is 10.8 Å². The quantitative estimate of drug-likeness (QED) is 0.628. The Morgan fingerprint density at radius 1 is 1.29 bits per heavy atom. The first kappa shape index (κ1) is 15.5. The lowest BCUT2D eigenvalue weighted by molar-refractivity contribution is -0.113. The summed E-state index contributed by atoms with van der Waals surface area (Å²) >= 11 is 2.69. The number of ketones is 1. The van der Waals surface area contributed by atoms with Crippen molar-refractivity contribution in [1.82, 2.24) is 10.2 Å². The number of hydrogen-bond donors (Lipinski definition) is 2. The van der Waals surface area contributed by atoms with E-state index in [1.165, 1.54) is 30.0 Å². The first-order valence-corrected chi connectivity index (χ1v) is 7.94. The SMILES string of the molecule is CNc1nnc(SCC(=O)Nc2ccccc2C(C)=O)s1. The van der Waals surface area contributed by atoms with Gasteiger partial charge >= 0.3 is 0 Å². The van der Waals surface area contributed by atoms with E-state index < -0.39 is 0 Å². The molecule has 0 radical (unpaired) electrons. The Balaban J connectivity index is 1.94. The molecule has 1 amide bonds. The molecule has 0 atom stereocenters. The monoisotopic (exact) mass is 322 g/mol. The summed E-state index contributed by atoms with van der Waals surface area (Å²) in [7, 11) is 1.76. The number of anilines is 2. The van der Waals surface area contributed by atoms with E-state index in [0.717, 1.165) is 0 Å². The molecule has 1 aromatic carbocycles. The Labute approximate surface area is 130 Å². The van der Waals surface area contributed by atoms with Gasteiger partial charge in [0.05, 0.1) is 11.4 Å². The van der Waals surface area contributed by atoms with Crippen molar-refractivity contribution in [1.29, 1.82) is 0 Å². The maximum absolute atomic E-state index is 11.9. The van der Waals surface area contributed by atoms with Crippen molar-refractivity contribution < 1.29 is 9.59 Å². The molecule has 21 heavy (non-hydrogen) atoms. The van der Waals surface area contributed by atoms with Gasteiger partial charge in [-0.3, -0.25) is 9.59 Å². The number of benzene rings is 1. The van der Waals surface area contributed by atoms with Crippen molar-refractivity contribution >= 4 is 45.6 Å². The zero-order valence-corrected chi connectivity index (χ0v) is 13.2. The summed E-state index contributed by atoms with van der Waals surface area (Å²) < 4.78 is 0.717. The standard InChI is InChI=1S/C13H14N4O2S2/c1-8(18)9-5-3-4-6-10(9)15-11(19)7-20-13-17-16-12(14-2)21-13/h3-6H,7H2,1-2H3,(H,14,16)(H,15,19). The Kier molecular flexibility index (Phi) is 5.29. The molecule has 1 heterocycles. The van der Waals surface area contributed by atoms with Gasteiger partial charge in [-0.2, -0.15) is 0 Å². The number of hydrogen-bond acceptors (Lipinski definition) is 7. The summed E-state index contributed by atoms with van der Waals surface area (Å²) in [4.78, 5) is 23.4. The summed E-state index contributed by atoms with van der Waals surface area (Å²) in [6, 6.07) is 6.94. The molecular weight excluding hydrogens is 308 g/mol. The second-order valence-electron chi connectivity index (χ2n) is 4.06. The van der Waals surface area contributed by atoms with Gasteiger partial charge in [-0.25, -0.2) is 0 Å². The molecule has 0 aliphatic heterocycles. The lowest BCUT2D eigenvalue weighted by Crippen LogP contribution is -2.16. The first-order chi connectivity index (χ1) is 10.1. The predicted molar refractivity (Wildman–Crippen MR) is 85.3 cm³/mol. The van der Waals surface area contributed by atoms with Gasteiger partial charge in [-0.1, -0.05) is 35.2 Å². The highest BCUT2D eigenvalue weighted by molar-refractivity contribution is 8.01. The van der Waals surface area contributed by atoms with Crippen molar-refractivity contribution in [2.75, 3.05) is 23.4 Å². The zero-order valence-electron chi connectivity index (χ0n) is 11.5. The van der Waals surface area contributed by atoms with Gasteiger partial charge in [-0.15, -0.1) is 10.2 Å². The second-order valence-corrected chi connectivity index (χ2v) is 6.26. The van der Waals surface area contributed by atoms with Crippen LogP contribution in [0, 0.1) is 0 Å². The summed E-state index contributed by atoms with van der Waals surface area (Å²) in [6.45, 7) is 1.47. The number of carbonyl (C=O) groups is 2. The third-order valence-corrected chi connectivity index (χ3v) is 4.60. The van der Waals surface area contributed by atoms with Gasteiger partial charge in [0.25, 0.3) is 0 Å². The zero-order chi connectivity index (χ0) is 15.2. The number of rotatable bonds is 6. The highest BCUT2D eigenvalue weighted by Crippen LogP contribution is 2.25. The fraction of sp³-hybridized carbons (Fsp3) is 0.231. The van der Waals surface area contributed by atoms with E-state index in [-0.39, 0.29) is 17.4 Å². The number of Topliss-reactive ketones (excluding diaryl/α,β-unsaturated/α-hetero) is 1. The highest BCUT2D eigenvalue weighted by atomic mass is 32.2. The van der Waals surface area contributed by atoms with Crippen LogP contribution in [0.25, 0.3) is 0 Å². The van der Waals surface area contributed by atoms with Gasteiger partial charge < -0.3 is 10.6 Å². The molecule has 0 fully saturated rings. The van der Waals surface area contributed by atoms with E-state index in [9.17, 15) is 9.59 Å². The highest BCUT2D eigenvalue weighted by Gasteiger charge is 2.11. The Morgan fingerprint density at radius 3 is 2.71 bits per heavy atom. The number of nitrogens with one attached hydrogen (secondary N) is 2. The average molecular weight is 322 g/mol. The molecule has 0 saturated heterocycles. The fourth-order valence-corrected chi connectivity index (χ4v) is 3.09. The minimum Gasteiger partial charge on any atom is -0.363 e. The van der Waals surface area contributed by atoms with E-state index >= 15 is 0 Å². The normalized spacial score (nSPS) is 10.2. The van der Waals surface area contributed by atoms with Gasteiger partial charge in [0, 0.05) is 12.6 Å². The fourth-order valence-electron chi connectivity index (χ4n) is 1.58. The third kappa shape index (κ3) is 4.27. The molecule has 2 N–H and O–H groups in total. The van der Waals surface area contributed by atoms with E-state index in [1.807, 2.05) is 0 Å². The number of aromatic nitrogens is 2. The first-order valence-electron chi connectivity index (χ1n) is 6.14. The number of amides is 1. The van der Waals surface area contributed by atoms with Crippen LogP contribution in [0.2, 0.25) is 0 Å². The topological polar surface area (TPSA) is 84.0 Å². The Bertz CT molecular complexity index is 657. The largest absolute Gasteiger partial charge is 0.363 e. The molecule has 0 spiro atoms. The number of carbonyl (C=O) groups excluding carboxylic acids is 2. The molecule has 110 valence electrons. The van der Waals surface area contributed by atoms with Crippen molar-refractivity contribution in [2.45, 2.75) is 11.3 Å². The van der Waals surface area contributed by atoms with Gasteiger partial charge in [0.2, 0.25) is 11.0 Å². The molecule has 8 heteroatoms. The maximum Gasteiger partial charge on any atom is 0.234 e. The van der Waals surface area contributed by atoms with E-state index in [0.29, 0.717) is 20.7 Å². The smallest absolute Gasteiger partial charge is 0.234 e. The Morgan fingerprint density at radius 2 is 2.05 bits per heavy atom. The molecule has 0 aliphatic carbocycles. The van der Waals surface area contributed by atoms with Crippen LogP contribution < -0.4 is 10.6 Å². The molecular formula is C13H14N4O2S2.